The minimum atomic E-state index is 0.330. The number of hydrogen-bond donors (Lipinski definition) is 1. The maximum atomic E-state index is 6.16. The topological polar surface area (TPSA) is 24.4 Å². The van der Waals surface area contributed by atoms with E-state index >= 15 is 0 Å². The molecule has 2 rings (SSSR count). The van der Waals surface area contributed by atoms with Crippen LogP contribution in [0.5, 0.6) is 0 Å². The third kappa shape index (κ3) is 4.30. The second-order valence-electron chi connectivity index (χ2n) is 5.88. The van der Waals surface area contributed by atoms with Crippen molar-refractivity contribution in [3.05, 3.63) is 28.2 Å². The molecule has 0 amide bonds. The molecular formula is C14H18Cl2N2S. The molecular weight excluding hydrogens is 299 g/mol. The summed E-state index contributed by atoms with van der Waals surface area (Å²) in [4.78, 5) is 4.53. The number of halogens is 2. The molecule has 1 aromatic rings. The predicted octanol–water partition coefficient (Wildman–Crippen LogP) is 5.31. The van der Waals surface area contributed by atoms with Crippen LogP contribution in [0.4, 0.5) is 5.69 Å². The van der Waals surface area contributed by atoms with Crippen molar-refractivity contribution in [1.82, 2.24) is 0 Å². The first-order valence-corrected chi connectivity index (χ1v) is 7.91. The third-order valence-corrected chi connectivity index (χ3v) is 4.67. The van der Waals surface area contributed by atoms with E-state index in [4.69, 9.17) is 23.2 Å². The number of nitrogens with zero attached hydrogens (tertiary/aromatic N) is 1. The molecule has 0 fully saturated rings. The van der Waals surface area contributed by atoms with Crippen LogP contribution in [0, 0.1) is 5.41 Å². The SMILES string of the molecule is CC(C)(C)CC1CN=C(Nc2cccc(Cl)c2Cl)S1. The van der Waals surface area contributed by atoms with Gasteiger partial charge in [0.2, 0.25) is 0 Å². The van der Waals surface area contributed by atoms with Gasteiger partial charge < -0.3 is 5.32 Å². The van der Waals surface area contributed by atoms with E-state index in [2.05, 4.69) is 31.1 Å². The maximum Gasteiger partial charge on any atom is 0.161 e. The van der Waals surface area contributed by atoms with E-state index in [-0.39, 0.29) is 0 Å². The van der Waals surface area contributed by atoms with Crippen LogP contribution in [-0.4, -0.2) is 17.0 Å². The van der Waals surface area contributed by atoms with E-state index < -0.39 is 0 Å². The lowest BCUT2D eigenvalue weighted by molar-refractivity contribution is 0.375. The fraction of sp³-hybridized carbons (Fsp3) is 0.500. The van der Waals surface area contributed by atoms with Gasteiger partial charge in [-0.05, 0) is 24.0 Å². The molecule has 1 unspecified atom stereocenters. The standard InChI is InChI=1S/C14H18Cl2N2S/c1-14(2,3)7-9-8-17-13(19-9)18-11-6-4-5-10(15)12(11)16/h4-6,9H,7-8H2,1-3H3,(H,17,18). The third-order valence-electron chi connectivity index (χ3n) is 2.75. The van der Waals surface area contributed by atoms with Gasteiger partial charge in [0, 0.05) is 5.25 Å². The molecule has 0 radical (unpaired) electrons. The van der Waals surface area contributed by atoms with Crippen LogP contribution in [-0.2, 0) is 0 Å². The molecule has 5 heteroatoms. The van der Waals surface area contributed by atoms with Gasteiger partial charge in [-0.2, -0.15) is 0 Å². The van der Waals surface area contributed by atoms with E-state index in [0.717, 1.165) is 23.8 Å². The molecule has 104 valence electrons. The summed E-state index contributed by atoms with van der Waals surface area (Å²) in [6.45, 7) is 7.63. The molecule has 1 aliphatic heterocycles. The fourth-order valence-electron chi connectivity index (χ4n) is 1.99. The highest BCUT2D eigenvalue weighted by molar-refractivity contribution is 8.15. The number of anilines is 1. The fourth-order valence-corrected chi connectivity index (χ4v) is 3.70. The zero-order valence-electron chi connectivity index (χ0n) is 11.3. The minimum absolute atomic E-state index is 0.330. The van der Waals surface area contributed by atoms with E-state index in [1.165, 1.54) is 0 Å². The lowest BCUT2D eigenvalue weighted by Crippen LogP contribution is -2.16. The molecule has 0 bridgehead atoms. The Morgan fingerprint density at radius 1 is 1.37 bits per heavy atom. The van der Waals surface area contributed by atoms with Crippen molar-refractivity contribution in [1.29, 1.82) is 0 Å². The average molecular weight is 317 g/mol. The van der Waals surface area contributed by atoms with Crippen molar-refractivity contribution in [2.75, 3.05) is 11.9 Å². The van der Waals surface area contributed by atoms with Gasteiger partial charge in [-0.25, -0.2) is 0 Å². The van der Waals surface area contributed by atoms with Crippen molar-refractivity contribution >= 4 is 45.8 Å². The summed E-state index contributed by atoms with van der Waals surface area (Å²) >= 11 is 13.9. The van der Waals surface area contributed by atoms with E-state index in [0.29, 0.717) is 20.7 Å². The Bertz CT molecular complexity index is 495. The Kier molecular flexibility index (Phi) is 4.70. The van der Waals surface area contributed by atoms with Gasteiger partial charge in [0.15, 0.2) is 5.17 Å². The van der Waals surface area contributed by atoms with E-state index in [1.54, 1.807) is 17.8 Å². The van der Waals surface area contributed by atoms with Crippen LogP contribution < -0.4 is 5.32 Å². The van der Waals surface area contributed by atoms with Crippen molar-refractivity contribution in [3.8, 4) is 0 Å². The van der Waals surface area contributed by atoms with Crippen LogP contribution in [0.2, 0.25) is 10.0 Å². The van der Waals surface area contributed by atoms with Crippen LogP contribution >= 0.6 is 35.0 Å². The number of aliphatic imine (C=N–C) groups is 1. The molecule has 19 heavy (non-hydrogen) atoms. The Morgan fingerprint density at radius 3 is 2.79 bits per heavy atom. The summed E-state index contributed by atoms with van der Waals surface area (Å²) in [5.41, 5.74) is 1.15. The molecule has 0 saturated carbocycles. The van der Waals surface area contributed by atoms with Crippen molar-refractivity contribution < 1.29 is 0 Å². The molecule has 0 aromatic heterocycles. The van der Waals surface area contributed by atoms with Crippen LogP contribution in [0.15, 0.2) is 23.2 Å². The lowest BCUT2D eigenvalue weighted by Gasteiger charge is -2.21. The Morgan fingerprint density at radius 2 is 2.11 bits per heavy atom. The van der Waals surface area contributed by atoms with Gasteiger partial charge in [0.05, 0.1) is 22.3 Å². The number of amidine groups is 1. The normalized spacial score (nSPS) is 19.4. The molecule has 0 saturated heterocycles. The highest BCUT2D eigenvalue weighted by Crippen LogP contribution is 2.34. The predicted molar refractivity (Wildman–Crippen MR) is 87.8 cm³/mol. The maximum absolute atomic E-state index is 6.16. The minimum Gasteiger partial charge on any atom is -0.334 e. The summed E-state index contributed by atoms with van der Waals surface area (Å²) in [6.07, 6.45) is 1.15. The summed E-state index contributed by atoms with van der Waals surface area (Å²) in [5.74, 6) is 0. The Balaban J connectivity index is 1.97. The second-order valence-corrected chi connectivity index (χ2v) is 7.95. The lowest BCUT2D eigenvalue weighted by atomic mass is 9.90. The first kappa shape index (κ1) is 15.0. The molecule has 1 N–H and O–H groups in total. The Labute approximate surface area is 129 Å². The van der Waals surface area contributed by atoms with Gasteiger partial charge in [-0.15, -0.1) is 0 Å². The molecule has 1 aromatic carbocycles. The summed E-state index contributed by atoms with van der Waals surface area (Å²) < 4.78 is 0. The highest BCUT2D eigenvalue weighted by Gasteiger charge is 2.25. The first-order valence-electron chi connectivity index (χ1n) is 6.27. The van der Waals surface area contributed by atoms with Crippen LogP contribution in [0.25, 0.3) is 0 Å². The Hall–Kier alpha value is -0.380. The van der Waals surface area contributed by atoms with Gasteiger partial charge >= 0.3 is 0 Å². The number of rotatable bonds is 2. The van der Waals surface area contributed by atoms with Gasteiger partial charge in [-0.3, -0.25) is 4.99 Å². The van der Waals surface area contributed by atoms with Crippen molar-refractivity contribution in [2.24, 2.45) is 10.4 Å². The molecule has 1 heterocycles. The first-order chi connectivity index (χ1) is 8.85. The van der Waals surface area contributed by atoms with Crippen LogP contribution in [0.3, 0.4) is 0 Å². The number of nitrogens with one attached hydrogen (secondary N) is 1. The molecule has 0 spiro atoms. The van der Waals surface area contributed by atoms with Gasteiger partial charge in [0.25, 0.3) is 0 Å². The quantitative estimate of drug-likeness (QED) is 0.799. The monoisotopic (exact) mass is 316 g/mol. The average Bonchev–Trinajstić information content (AvgIpc) is 2.70. The highest BCUT2D eigenvalue weighted by atomic mass is 35.5. The summed E-state index contributed by atoms with van der Waals surface area (Å²) in [7, 11) is 0. The smallest absolute Gasteiger partial charge is 0.161 e. The molecule has 1 atom stereocenters. The van der Waals surface area contributed by atoms with Gasteiger partial charge in [-0.1, -0.05) is 61.8 Å². The number of hydrogen-bond acceptors (Lipinski definition) is 3. The molecule has 0 aliphatic carbocycles. The number of benzene rings is 1. The summed E-state index contributed by atoms with van der Waals surface area (Å²) in [5, 5.41) is 5.84. The number of thioether (sulfide) groups is 1. The van der Waals surface area contributed by atoms with Crippen molar-refractivity contribution in [3.63, 3.8) is 0 Å². The van der Waals surface area contributed by atoms with Crippen molar-refractivity contribution in [2.45, 2.75) is 32.4 Å². The zero-order valence-corrected chi connectivity index (χ0v) is 13.7. The second kappa shape index (κ2) is 5.94. The largest absolute Gasteiger partial charge is 0.334 e. The van der Waals surface area contributed by atoms with E-state index in [1.807, 2.05) is 12.1 Å². The zero-order chi connectivity index (χ0) is 14.0. The molecule has 2 nitrogen and oxygen atoms in total. The van der Waals surface area contributed by atoms with Gasteiger partial charge in [0.1, 0.15) is 0 Å². The van der Waals surface area contributed by atoms with Crippen LogP contribution in [0.1, 0.15) is 27.2 Å². The molecule has 1 aliphatic rings. The van der Waals surface area contributed by atoms with E-state index in [9.17, 15) is 0 Å². The summed E-state index contributed by atoms with van der Waals surface area (Å²) in [6, 6.07) is 5.57.